The van der Waals surface area contributed by atoms with Crippen molar-refractivity contribution >= 4 is 28.6 Å². The lowest BCUT2D eigenvalue weighted by Crippen LogP contribution is -1.91. The first-order chi connectivity index (χ1) is 4.04. The van der Waals surface area contributed by atoms with Crippen LogP contribution < -0.4 is 5.73 Å². The van der Waals surface area contributed by atoms with E-state index in [2.05, 4.69) is 4.99 Å². The van der Waals surface area contributed by atoms with Gasteiger partial charge in [0.05, 0.1) is 9.40 Å². The van der Waals surface area contributed by atoms with E-state index in [4.69, 9.17) is 5.73 Å². The van der Waals surface area contributed by atoms with Crippen LogP contribution in [0, 0.1) is 0 Å². The number of hydrogen-bond donors (Lipinski definition) is 1. The Hall–Kier alpha value is -0.130. The maximum Gasteiger partial charge on any atom is 0.186 e. The second kappa shape index (κ2) is 3.81. The topological polar surface area (TPSA) is 38.4 Å². The zero-order valence-electron chi connectivity index (χ0n) is 5.28. The van der Waals surface area contributed by atoms with Gasteiger partial charge in [-0.2, -0.15) is 4.39 Å². The van der Waals surface area contributed by atoms with Crippen LogP contribution in [0.4, 0.5) is 4.39 Å². The number of aliphatic imine (C=N–C) groups is 1. The van der Waals surface area contributed by atoms with Crippen molar-refractivity contribution in [2.24, 2.45) is 10.7 Å². The Morgan fingerprint density at radius 3 is 2.11 bits per heavy atom. The number of hydrogen-bond acceptors (Lipinski definition) is 2. The summed E-state index contributed by atoms with van der Waals surface area (Å²) in [6.07, 6.45) is 0. The first-order valence-electron chi connectivity index (χ1n) is 2.36. The summed E-state index contributed by atoms with van der Waals surface area (Å²) in [5.41, 5.74) is 5.80. The highest BCUT2D eigenvalue weighted by molar-refractivity contribution is 14.1. The fraction of sp³-hybridized carbons (Fsp3) is 0.400. The molecule has 0 aromatic heterocycles. The second-order valence-corrected chi connectivity index (χ2v) is 2.70. The lowest BCUT2D eigenvalue weighted by atomic mass is 10.5. The SMILES string of the molecule is CC(F)=N/C(C)=C(\N)I. The van der Waals surface area contributed by atoms with E-state index in [1.54, 1.807) is 6.92 Å². The summed E-state index contributed by atoms with van der Waals surface area (Å²) in [5, 5.41) is 0. The average molecular weight is 242 g/mol. The Bertz CT molecular complexity index is 154. The largest absolute Gasteiger partial charge is 0.392 e. The first kappa shape index (κ1) is 8.87. The third-order valence-electron chi connectivity index (χ3n) is 0.667. The predicted molar refractivity (Wildman–Crippen MR) is 45.1 cm³/mol. The number of rotatable bonds is 1. The van der Waals surface area contributed by atoms with Gasteiger partial charge in [0, 0.05) is 6.92 Å². The van der Waals surface area contributed by atoms with Crippen molar-refractivity contribution in [1.29, 1.82) is 0 Å². The smallest absolute Gasteiger partial charge is 0.186 e. The van der Waals surface area contributed by atoms with Gasteiger partial charge in [0.25, 0.3) is 0 Å². The van der Waals surface area contributed by atoms with Crippen molar-refractivity contribution in [1.82, 2.24) is 0 Å². The van der Waals surface area contributed by atoms with Gasteiger partial charge in [0.1, 0.15) is 0 Å². The summed E-state index contributed by atoms with van der Waals surface area (Å²) in [6, 6.07) is 0. The van der Waals surface area contributed by atoms with E-state index in [9.17, 15) is 4.39 Å². The van der Waals surface area contributed by atoms with Crippen LogP contribution in [-0.4, -0.2) is 5.97 Å². The summed E-state index contributed by atoms with van der Waals surface area (Å²) >= 11 is 1.89. The van der Waals surface area contributed by atoms with Crippen LogP contribution in [0.15, 0.2) is 14.4 Å². The molecule has 0 aliphatic heterocycles. The van der Waals surface area contributed by atoms with Gasteiger partial charge in [-0.3, -0.25) is 0 Å². The standard InChI is InChI=1S/C5H8FIN2/c1-3(5(7)8)9-4(2)6/h8H2,1-2H3/b5-3-,9-4?. The van der Waals surface area contributed by atoms with Crippen molar-refractivity contribution in [3.8, 4) is 0 Å². The molecule has 0 bridgehead atoms. The van der Waals surface area contributed by atoms with E-state index in [0.717, 1.165) is 0 Å². The molecular formula is C5H8FIN2. The molecule has 0 aromatic rings. The predicted octanol–water partition coefficient (Wildman–Crippen LogP) is 1.96. The van der Waals surface area contributed by atoms with Crippen LogP contribution in [0.3, 0.4) is 0 Å². The highest BCUT2D eigenvalue weighted by Crippen LogP contribution is 2.06. The van der Waals surface area contributed by atoms with Gasteiger partial charge in [0.15, 0.2) is 5.97 Å². The number of halogens is 2. The molecule has 0 fully saturated rings. The summed E-state index contributed by atoms with van der Waals surface area (Å²) in [4.78, 5) is 3.47. The fourth-order valence-corrected chi connectivity index (χ4v) is 0.405. The molecule has 9 heavy (non-hydrogen) atoms. The Kier molecular flexibility index (Phi) is 3.76. The Morgan fingerprint density at radius 2 is 2.00 bits per heavy atom. The van der Waals surface area contributed by atoms with Crippen LogP contribution in [0.25, 0.3) is 0 Å². The third kappa shape index (κ3) is 4.38. The molecule has 0 radical (unpaired) electrons. The summed E-state index contributed by atoms with van der Waals surface area (Å²) in [5.74, 6) is -0.466. The van der Waals surface area contributed by atoms with Gasteiger partial charge < -0.3 is 5.73 Å². The first-order valence-corrected chi connectivity index (χ1v) is 3.44. The summed E-state index contributed by atoms with van der Waals surface area (Å²) in [6.45, 7) is 2.94. The number of nitrogens with zero attached hydrogens (tertiary/aromatic N) is 1. The Labute approximate surface area is 67.2 Å². The molecule has 0 atom stereocenters. The van der Waals surface area contributed by atoms with E-state index in [1.807, 2.05) is 22.6 Å². The molecule has 0 unspecified atom stereocenters. The van der Waals surface area contributed by atoms with E-state index in [0.29, 0.717) is 9.40 Å². The molecule has 2 N–H and O–H groups in total. The van der Waals surface area contributed by atoms with Gasteiger partial charge in [0.2, 0.25) is 0 Å². The van der Waals surface area contributed by atoms with Crippen molar-refractivity contribution in [2.75, 3.05) is 0 Å². The van der Waals surface area contributed by atoms with Crippen LogP contribution in [-0.2, 0) is 0 Å². The molecule has 0 amide bonds. The molecule has 2 nitrogen and oxygen atoms in total. The minimum atomic E-state index is -0.466. The van der Waals surface area contributed by atoms with Crippen molar-refractivity contribution in [2.45, 2.75) is 13.8 Å². The zero-order valence-corrected chi connectivity index (χ0v) is 7.44. The monoisotopic (exact) mass is 242 g/mol. The molecule has 0 aromatic carbocycles. The van der Waals surface area contributed by atoms with Crippen molar-refractivity contribution in [3.05, 3.63) is 9.40 Å². The number of allylic oxidation sites excluding steroid dienone is 1. The molecule has 4 heteroatoms. The van der Waals surface area contributed by atoms with E-state index in [1.165, 1.54) is 6.92 Å². The van der Waals surface area contributed by atoms with Gasteiger partial charge in [-0.05, 0) is 29.5 Å². The second-order valence-electron chi connectivity index (χ2n) is 1.54. The molecular weight excluding hydrogens is 234 g/mol. The highest BCUT2D eigenvalue weighted by Gasteiger charge is 1.90. The molecule has 0 saturated heterocycles. The van der Waals surface area contributed by atoms with Gasteiger partial charge >= 0.3 is 0 Å². The van der Waals surface area contributed by atoms with E-state index < -0.39 is 5.97 Å². The lowest BCUT2D eigenvalue weighted by molar-refractivity contribution is 0.794. The molecule has 0 aliphatic rings. The number of nitrogens with two attached hydrogens (primary N) is 1. The van der Waals surface area contributed by atoms with Gasteiger partial charge in [-0.25, -0.2) is 4.99 Å². The van der Waals surface area contributed by atoms with Crippen LogP contribution >= 0.6 is 22.6 Å². The van der Waals surface area contributed by atoms with Crippen LogP contribution in [0.1, 0.15) is 13.8 Å². The maximum atomic E-state index is 12.0. The molecule has 0 heterocycles. The summed E-state index contributed by atoms with van der Waals surface area (Å²) in [7, 11) is 0. The molecule has 0 rings (SSSR count). The minimum Gasteiger partial charge on any atom is -0.392 e. The zero-order chi connectivity index (χ0) is 7.44. The lowest BCUT2D eigenvalue weighted by Gasteiger charge is -1.91. The van der Waals surface area contributed by atoms with E-state index >= 15 is 0 Å². The van der Waals surface area contributed by atoms with Crippen LogP contribution in [0.5, 0.6) is 0 Å². The van der Waals surface area contributed by atoms with Gasteiger partial charge in [-0.15, -0.1) is 0 Å². The third-order valence-corrected chi connectivity index (χ3v) is 1.45. The average Bonchev–Trinajstić information content (AvgIpc) is 1.63. The van der Waals surface area contributed by atoms with Crippen molar-refractivity contribution < 1.29 is 4.39 Å². The summed E-state index contributed by atoms with van der Waals surface area (Å²) < 4.78 is 12.5. The molecule has 52 valence electrons. The van der Waals surface area contributed by atoms with Crippen LogP contribution in [0.2, 0.25) is 0 Å². The quantitative estimate of drug-likeness (QED) is 0.426. The van der Waals surface area contributed by atoms with Gasteiger partial charge in [-0.1, -0.05) is 0 Å². The molecule has 0 saturated carbocycles. The van der Waals surface area contributed by atoms with Crippen molar-refractivity contribution in [3.63, 3.8) is 0 Å². The molecule has 0 aliphatic carbocycles. The maximum absolute atomic E-state index is 12.0. The Morgan fingerprint density at radius 1 is 1.56 bits per heavy atom. The van der Waals surface area contributed by atoms with E-state index in [-0.39, 0.29) is 0 Å². The Balaban J connectivity index is 4.25. The highest BCUT2D eigenvalue weighted by atomic mass is 127. The fourth-order valence-electron chi connectivity index (χ4n) is 0.284. The molecule has 0 spiro atoms. The minimum absolute atomic E-state index is 0.466. The normalized spacial score (nSPS) is 15.3.